The van der Waals surface area contributed by atoms with Crippen LogP contribution in [0.3, 0.4) is 0 Å². The Morgan fingerprint density at radius 1 is 0.757 bits per heavy atom. The average molecular weight is 491 g/mol. The minimum atomic E-state index is -2.22. The molecule has 1 heterocycles. The third-order valence-electron chi connectivity index (χ3n) is 7.61. The summed E-state index contributed by atoms with van der Waals surface area (Å²) in [4.78, 5) is 0. The molecule has 0 aliphatic carbocycles. The highest BCUT2D eigenvalue weighted by atomic mass is 15.2. The van der Waals surface area contributed by atoms with Crippen LogP contribution in [-0.2, 0) is 13.6 Å². The van der Waals surface area contributed by atoms with Gasteiger partial charge in [0.1, 0.15) is 6.54 Å². The molecule has 5 aromatic rings. The molecule has 0 aliphatic heterocycles. The third kappa shape index (κ3) is 4.50. The van der Waals surface area contributed by atoms with Crippen molar-refractivity contribution in [3.8, 4) is 22.5 Å². The average Bonchev–Trinajstić information content (AvgIpc) is 3.19. The smallest absolute Gasteiger partial charge is 0.226 e. The van der Waals surface area contributed by atoms with Crippen molar-refractivity contribution < 1.29 is 8.68 Å². The topological polar surface area (TPSA) is 8.81 Å². The van der Waals surface area contributed by atoms with Gasteiger partial charge in [-0.2, -0.15) is 0 Å². The second kappa shape index (κ2) is 10.0. The minimum absolute atomic E-state index is 0.387. The minimum Gasteiger partial charge on any atom is -0.226 e. The molecule has 0 unspecified atom stereocenters. The molecule has 0 amide bonds. The lowest BCUT2D eigenvalue weighted by Gasteiger charge is -2.19. The molecule has 0 saturated carbocycles. The zero-order chi connectivity index (χ0) is 28.8. The summed E-state index contributed by atoms with van der Waals surface area (Å²) in [5, 5.41) is 0. The number of fused-ring (bicyclic) bond motifs is 1. The molecule has 2 nitrogen and oxygen atoms in total. The SMILES string of the molecule is [2H]C([2H])([2H])c1cc(C)c(-c2n(Cc3c(C(C)C)cccc3C(C)C)c3ccccc3[n+]2C)cc1-c1ccccc1. The second-order valence-electron chi connectivity index (χ2n) is 10.8. The van der Waals surface area contributed by atoms with Crippen LogP contribution < -0.4 is 4.57 Å². The van der Waals surface area contributed by atoms with Crippen LogP contribution in [-0.4, -0.2) is 4.57 Å². The summed E-state index contributed by atoms with van der Waals surface area (Å²) < 4.78 is 29.6. The van der Waals surface area contributed by atoms with E-state index < -0.39 is 6.85 Å². The Balaban J connectivity index is 1.83. The van der Waals surface area contributed by atoms with Gasteiger partial charge in [0.05, 0.1) is 12.6 Å². The molecule has 0 aliphatic rings. The highest BCUT2D eigenvalue weighted by molar-refractivity contribution is 5.80. The van der Waals surface area contributed by atoms with Crippen LogP contribution in [0.1, 0.15) is 71.5 Å². The molecule has 37 heavy (non-hydrogen) atoms. The van der Waals surface area contributed by atoms with Crippen LogP contribution in [0.15, 0.2) is 84.9 Å². The van der Waals surface area contributed by atoms with Gasteiger partial charge in [0, 0.05) is 9.68 Å². The van der Waals surface area contributed by atoms with Crippen molar-refractivity contribution in [1.29, 1.82) is 0 Å². The van der Waals surface area contributed by atoms with E-state index in [-0.39, 0.29) is 0 Å². The molecule has 0 bridgehead atoms. The van der Waals surface area contributed by atoms with E-state index in [1.165, 1.54) is 16.7 Å². The number of benzene rings is 4. The van der Waals surface area contributed by atoms with Gasteiger partial charge in [-0.25, -0.2) is 9.13 Å². The van der Waals surface area contributed by atoms with Crippen molar-refractivity contribution in [2.24, 2.45) is 7.05 Å². The molecule has 0 atom stereocenters. The fraction of sp³-hybridized carbons (Fsp3) is 0.286. The lowest BCUT2D eigenvalue weighted by atomic mass is 9.88. The van der Waals surface area contributed by atoms with Gasteiger partial charge in [-0.3, -0.25) is 0 Å². The monoisotopic (exact) mass is 490 g/mol. The van der Waals surface area contributed by atoms with E-state index >= 15 is 0 Å². The van der Waals surface area contributed by atoms with E-state index in [0.29, 0.717) is 17.4 Å². The van der Waals surface area contributed by atoms with Crippen molar-refractivity contribution >= 4 is 11.0 Å². The molecule has 5 rings (SSSR count). The molecule has 1 aromatic heterocycles. The Morgan fingerprint density at radius 3 is 2.05 bits per heavy atom. The van der Waals surface area contributed by atoms with E-state index in [0.717, 1.165) is 45.7 Å². The number of aryl methyl sites for hydroxylation is 3. The number of hydrogen-bond donors (Lipinski definition) is 0. The first-order valence-corrected chi connectivity index (χ1v) is 13.3. The molecule has 188 valence electrons. The first kappa shape index (κ1) is 21.4. The van der Waals surface area contributed by atoms with Crippen molar-refractivity contribution in [3.05, 3.63) is 113 Å². The van der Waals surface area contributed by atoms with Crippen molar-refractivity contribution in [2.45, 2.75) is 59.9 Å². The highest BCUT2D eigenvalue weighted by Crippen LogP contribution is 2.35. The van der Waals surface area contributed by atoms with Crippen molar-refractivity contribution in [2.75, 3.05) is 0 Å². The molecule has 0 spiro atoms. The summed E-state index contributed by atoms with van der Waals surface area (Å²) >= 11 is 0. The first-order chi connectivity index (χ1) is 19.0. The predicted molar refractivity (Wildman–Crippen MR) is 157 cm³/mol. The van der Waals surface area contributed by atoms with Crippen LogP contribution >= 0.6 is 0 Å². The van der Waals surface area contributed by atoms with Crippen molar-refractivity contribution in [3.63, 3.8) is 0 Å². The molecular formula is C35H39N2+. The fourth-order valence-corrected chi connectivity index (χ4v) is 5.72. The molecule has 0 saturated heterocycles. The van der Waals surface area contributed by atoms with Crippen LogP contribution in [0.4, 0.5) is 0 Å². The number of rotatable bonds is 6. The van der Waals surface area contributed by atoms with Gasteiger partial charge >= 0.3 is 0 Å². The van der Waals surface area contributed by atoms with Crippen LogP contribution in [0.2, 0.25) is 0 Å². The maximum atomic E-state index is 8.31. The van der Waals surface area contributed by atoms with Gasteiger partial charge in [-0.1, -0.05) is 94.4 Å². The van der Waals surface area contributed by atoms with E-state index in [2.05, 4.69) is 92.4 Å². The molecular weight excluding hydrogens is 448 g/mol. The summed E-state index contributed by atoms with van der Waals surface area (Å²) in [6, 6.07) is 29.1. The van der Waals surface area contributed by atoms with Gasteiger partial charge in [0.2, 0.25) is 0 Å². The number of hydrogen-bond acceptors (Lipinski definition) is 0. The van der Waals surface area contributed by atoms with E-state index in [1.54, 1.807) is 0 Å². The maximum Gasteiger partial charge on any atom is 0.290 e. The van der Waals surface area contributed by atoms with Gasteiger partial charge in [-0.15, -0.1) is 0 Å². The Labute approximate surface area is 226 Å². The van der Waals surface area contributed by atoms with Crippen LogP contribution in [0.25, 0.3) is 33.5 Å². The number of aromatic nitrogens is 2. The molecule has 2 heteroatoms. The van der Waals surface area contributed by atoms with Crippen LogP contribution in [0.5, 0.6) is 0 Å². The van der Waals surface area contributed by atoms with Gasteiger partial charge < -0.3 is 0 Å². The van der Waals surface area contributed by atoms with Gasteiger partial charge in [0.15, 0.2) is 11.0 Å². The number of nitrogens with zero attached hydrogens (tertiary/aromatic N) is 2. The molecule has 0 radical (unpaired) electrons. The number of imidazole rings is 1. The molecule has 4 aromatic carbocycles. The highest BCUT2D eigenvalue weighted by Gasteiger charge is 2.28. The summed E-state index contributed by atoms with van der Waals surface area (Å²) in [5.41, 5.74) is 10.5. The van der Waals surface area contributed by atoms with Crippen LogP contribution in [0, 0.1) is 13.8 Å². The summed E-state index contributed by atoms with van der Waals surface area (Å²) in [6.45, 7) is 9.61. The largest absolute Gasteiger partial charge is 0.290 e. The Hall–Kier alpha value is -3.65. The normalized spacial score (nSPS) is 13.2. The Kier molecular flexibility index (Phi) is 5.80. The Bertz CT molecular complexity index is 1650. The van der Waals surface area contributed by atoms with E-state index in [4.69, 9.17) is 4.11 Å². The third-order valence-corrected chi connectivity index (χ3v) is 7.61. The van der Waals surface area contributed by atoms with Gasteiger partial charge in [-0.05, 0) is 77.2 Å². The fourth-order valence-electron chi connectivity index (χ4n) is 5.72. The molecule has 0 N–H and O–H groups in total. The summed E-state index contributed by atoms with van der Waals surface area (Å²) in [5.74, 6) is 1.87. The Morgan fingerprint density at radius 2 is 1.41 bits per heavy atom. The second-order valence-corrected chi connectivity index (χ2v) is 10.8. The molecule has 0 fully saturated rings. The maximum absolute atomic E-state index is 8.31. The summed E-state index contributed by atoms with van der Waals surface area (Å²) in [7, 11) is 2.12. The first-order valence-electron chi connectivity index (χ1n) is 14.8. The summed E-state index contributed by atoms with van der Waals surface area (Å²) in [6.07, 6.45) is 0. The zero-order valence-corrected chi connectivity index (χ0v) is 22.8. The quantitative estimate of drug-likeness (QED) is 0.210. The van der Waals surface area contributed by atoms with Crippen molar-refractivity contribution in [1.82, 2.24) is 4.57 Å². The lowest BCUT2D eigenvalue weighted by Crippen LogP contribution is -2.30. The zero-order valence-electron chi connectivity index (χ0n) is 25.8. The van der Waals surface area contributed by atoms with Gasteiger partial charge in [0.25, 0.3) is 5.82 Å². The predicted octanol–water partition coefficient (Wildman–Crippen LogP) is 8.71. The standard InChI is InChI=1S/C35H39N2/c1-23(2)28-16-13-17-29(24(3)4)32(28)22-37-34-19-12-11-18-33(34)36(7)35(37)31-21-30(25(5)20-26(31)6)27-14-9-8-10-15-27/h8-21,23-24H,22H2,1-7H3/q+1/i5D3. The van der Waals surface area contributed by atoms with E-state index in [9.17, 15) is 0 Å². The lowest BCUT2D eigenvalue weighted by molar-refractivity contribution is -0.634. The van der Waals surface area contributed by atoms with E-state index in [1.807, 2.05) is 43.3 Å². The number of para-hydroxylation sites is 2.